The van der Waals surface area contributed by atoms with E-state index in [1.165, 1.54) is 76.0 Å². The molecule has 0 N–H and O–H groups in total. The fraction of sp³-hybridized carbons (Fsp3) is 0.0909. The smallest absolute Gasteiger partial charge is 0.278 e. The third kappa shape index (κ3) is 8.61. The van der Waals surface area contributed by atoms with Gasteiger partial charge in [0.25, 0.3) is 11.8 Å². The minimum absolute atomic E-state index is 0.0721. The van der Waals surface area contributed by atoms with Gasteiger partial charge in [-0.1, -0.05) is 95.8 Å². The zero-order valence-electron chi connectivity index (χ0n) is 30.8. The van der Waals surface area contributed by atoms with Crippen LogP contribution in [0.1, 0.15) is 53.7 Å². The van der Waals surface area contributed by atoms with Gasteiger partial charge in [-0.05, 0) is 84.9 Å². The summed E-state index contributed by atoms with van der Waals surface area (Å²) < 4.78 is 51.9. The van der Waals surface area contributed by atoms with Gasteiger partial charge in [-0.25, -0.2) is 23.2 Å². The second kappa shape index (κ2) is 18.1. The van der Waals surface area contributed by atoms with E-state index in [2.05, 4.69) is 10.2 Å². The Kier molecular flexibility index (Phi) is 12.5. The fourth-order valence-corrected chi connectivity index (χ4v) is 8.63. The molecule has 8 rings (SSSR count). The summed E-state index contributed by atoms with van der Waals surface area (Å²) in [6.45, 7) is 0. The van der Waals surface area contributed by atoms with Gasteiger partial charge in [-0.2, -0.15) is 10.2 Å². The molecule has 0 aliphatic carbocycles. The first-order valence-electron chi connectivity index (χ1n) is 17.6. The monoisotopic (exact) mass is 836 g/mol. The van der Waals surface area contributed by atoms with Crippen molar-refractivity contribution in [3.05, 3.63) is 201 Å². The molecule has 2 unspecified atom stereocenters. The van der Waals surface area contributed by atoms with Crippen LogP contribution in [0.2, 0.25) is 5.02 Å². The highest BCUT2D eigenvalue weighted by atomic mass is 35.5. The van der Waals surface area contributed by atoms with Crippen LogP contribution in [-0.2, 0) is 0 Å². The standard InChI is InChI=1S/C22H16ClFN2O2S.C22H16F2N2O2S/c1-28-19-9-5-3-7-17(19)22-26(21(27)16-6-2-4-8-18(16)23)25-20(29-22)14-10-12-15(24)13-11-14;1-28-19-9-5-3-7-17(19)22-26(21(27)16-6-2-4-8-18(16)24)25-20(29-22)14-10-12-15(23)13-11-14/h2*2-13,22H,1H3. The predicted octanol–water partition coefficient (Wildman–Crippen LogP) is 11.0. The van der Waals surface area contributed by atoms with Crippen LogP contribution in [0, 0.1) is 17.5 Å². The molecule has 0 aromatic heterocycles. The Morgan fingerprint density at radius 1 is 0.552 bits per heavy atom. The largest absolute Gasteiger partial charge is 0.496 e. The first-order chi connectivity index (χ1) is 28.2. The van der Waals surface area contributed by atoms with E-state index in [4.69, 9.17) is 21.1 Å². The highest BCUT2D eigenvalue weighted by Crippen LogP contribution is 2.46. The number of hydrazone groups is 2. The topological polar surface area (TPSA) is 83.8 Å². The summed E-state index contributed by atoms with van der Waals surface area (Å²) in [4.78, 5) is 26.4. The fourth-order valence-electron chi connectivity index (χ4n) is 6.05. The van der Waals surface area contributed by atoms with Gasteiger partial charge in [0.15, 0.2) is 0 Å². The van der Waals surface area contributed by atoms with Crippen LogP contribution in [-0.4, -0.2) is 46.1 Å². The summed E-state index contributed by atoms with van der Waals surface area (Å²) in [6.07, 6.45) is 0. The summed E-state index contributed by atoms with van der Waals surface area (Å²) >= 11 is 8.97. The molecule has 0 fully saturated rings. The van der Waals surface area contributed by atoms with E-state index in [0.717, 1.165) is 16.7 Å². The zero-order chi connectivity index (χ0) is 40.8. The van der Waals surface area contributed by atoms with Gasteiger partial charge in [-0.15, -0.1) is 0 Å². The number of amides is 2. The Bertz CT molecular complexity index is 2350. The maximum atomic E-state index is 14.3. The number of para-hydroxylation sites is 2. The summed E-state index contributed by atoms with van der Waals surface area (Å²) in [7, 11) is 3.13. The number of thioether (sulfide) groups is 2. The first-order valence-corrected chi connectivity index (χ1v) is 19.7. The van der Waals surface area contributed by atoms with Crippen LogP contribution in [0.25, 0.3) is 0 Å². The molecular formula is C44H32ClF3N4O4S2. The van der Waals surface area contributed by atoms with Gasteiger partial charge in [0.2, 0.25) is 0 Å². The Morgan fingerprint density at radius 3 is 1.40 bits per heavy atom. The molecule has 2 aliphatic heterocycles. The van der Waals surface area contributed by atoms with Crippen LogP contribution in [0.4, 0.5) is 13.2 Å². The van der Waals surface area contributed by atoms with Gasteiger partial charge in [0.05, 0.1) is 30.4 Å². The van der Waals surface area contributed by atoms with E-state index in [9.17, 15) is 22.8 Å². The SMILES string of the molecule is COc1ccccc1C1SC(c2ccc(F)cc2)=NN1C(=O)c1ccccc1Cl.COc1ccccc1C1SC(c2ccc(F)cc2)=NN1C(=O)c1ccccc1F. The van der Waals surface area contributed by atoms with Crippen molar-refractivity contribution in [2.24, 2.45) is 10.2 Å². The van der Waals surface area contributed by atoms with Crippen molar-refractivity contribution < 1.29 is 32.2 Å². The molecular weight excluding hydrogens is 805 g/mol. The molecule has 2 amide bonds. The molecule has 0 bridgehead atoms. The zero-order valence-corrected chi connectivity index (χ0v) is 33.2. The van der Waals surface area contributed by atoms with Crippen molar-refractivity contribution in [2.45, 2.75) is 10.7 Å². The molecule has 2 atom stereocenters. The highest BCUT2D eigenvalue weighted by molar-refractivity contribution is 8.15. The van der Waals surface area contributed by atoms with Gasteiger partial charge in [-0.3, -0.25) is 9.59 Å². The number of nitrogens with zero attached hydrogens (tertiary/aromatic N) is 4. The van der Waals surface area contributed by atoms with Crippen LogP contribution < -0.4 is 9.47 Å². The predicted molar refractivity (Wildman–Crippen MR) is 223 cm³/mol. The van der Waals surface area contributed by atoms with Gasteiger partial charge in [0, 0.05) is 22.3 Å². The molecule has 292 valence electrons. The van der Waals surface area contributed by atoms with Crippen LogP contribution in [0.15, 0.2) is 156 Å². The molecule has 2 aliphatic rings. The van der Waals surface area contributed by atoms with Crippen LogP contribution >= 0.6 is 35.1 Å². The van der Waals surface area contributed by atoms with Gasteiger partial charge in [0.1, 0.15) is 49.8 Å². The molecule has 0 spiro atoms. The molecule has 8 nitrogen and oxygen atoms in total. The third-order valence-corrected chi connectivity index (χ3v) is 11.7. The average molecular weight is 837 g/mol. The minimum Gasteiger partial charge on any atom is -0.496 e. The number of methoxy groups -OCH3 is 2. The van der Waals surface area contributed by atoms with E-state index >= 15 is 0 Å². The molecule has 6 aromatic rings. The maximum absolute atomic E-state index is 14.3. The lowest BCUT2D eigenvalue weighted by atomic mass is 10.1. The van der Waals surface area contributed by atoms with Crippen molar-refractivity contribution >= 4 is 57.0 Å². The average Bonchev–Trinajstić information content (AvgIpc) is 3.90. The molecule has 0 radical (unpaired) electrons. The van der Waals surface area contributed by atoms with E-state index in [0.29, 0.717) is 37.7 Å². The Hall–Kier alpha value is -6.02. The van der Waals surface area contributed by atoms with Gasteiger partial charge < -0.3 is 9.47 Å². The Balaban J connectivity index is 0.000000177. The van der Waals surface area contributed by atoms with Crippen molar-refractivity contribution in [3.8, 4) is 11.5 Å². The van der Waals surface area contributed by atoms with Crippen LogP contribution in [0.3, 0.4) is 0 Å². The normalized spacial score (nSPS) is 15.9. The molecule has 2 heterocycles. The molecule has 6 aromatic carbocycles. The van der Waals surface area contributed by atoms with Crippen molar-refractivity contribution in [1.29, 1.82) is 0 Å². The number of hydrogen-bond acceptors (Lipinski definition) is 8. The summed E-state index contributed by atoms with van der Waals surface area (Å²) in [5.41, 5.74) is 3.22. The van der Waals surface area contributed by atoms with Crippen molar-refractivity contribution in [3.63, 3.8) is 0 Å². The molecule has 58 heavy (non-hydrogen) atoms. The number of hydrogen-bond donors (Lipinski definition) is 0. The second-order valence-electron chi connectivity index (χ2n) is 12.5. The molecule has 0 saturated carbocycles. The highest BCUT2D eigenvalue weighted by Gasteiger charge is 2.38. The van der Waals surface area contributed by atoms with Gasteiger partial charge >= 0.3 is 0 Å². The number of ether oxygens (including phenoxy) is 2. The van der Waals surface area contributed by atoms with E-state index in [1.54, 1.807) is 74.9 Å². The van der Waals surface area contributed by atoms with Crippen molar-refractivity contribution in [1.82, 2.24) is 10.0 Å². The van der Waals surface area contributed by atoms with Crippen molar-refractivity contribution in [2.75, 3.05) is 14.2 Å². The number of carbonyl (C=O) groups is 2. The van der Waals surface area contributed by atoms with E-state index in [1.807, 2.05) is 42.5 Å². The lowest BCUT2D eigenvalue weighted by molar-refractivity contribution is 0.0738. The summed E-state index contributed by atoms with van der Waals surface area (Å²) in [5, 5.41) is 12.2. The third-order valence-electron chi connectivity index (χ3n) is 8.90. The summed E-state index contributed by atoms with van der Waals surface area (Å²) in [6, 6.07) is 39.3. The first kappa shape index (κ1) is 40.2. The van der Waals surface area contributed by atoms with E-state index in [-0.39, 0.29) is 23.1 Å². The number of rotatable bonds is 8. The number of carbonyl (C=O) groups excluding carboxylic acids is 2. The Morgan fingerprint density at radius 2 is 0.948 bits per heavy atom. The minimum atomic E-state index is -0.619. The lowest BCUT2D eigenvalue weighted by Crippen LogP contribution is -2.27. The lowest BCUT2D eigenvalue weighted by Gasteiger charge is -2.23. The molecule has 0 saturated heterocycles. The number of benzene rings is 6. The molecule has 14 heteroatoms. The second-order valence-corrected chi connectivity index (χ2v) is 15.1. The quantitative estimate of drug-likeness (QED) is 0.152. The van der Waals surface area contributed by atoms with E-state index < -0.39 is 22.5 Å². The maximum Gasteiger partial charge on any atom is 0.278 e. The summed E-state index contributed by atoms with van der Waals surface area (Å²) in [5.74, 6) is -0.962. The van der Waals surface area contributed by atoms with Crippen LogP contribution in [0.5, 0.6) is 11.5 Å². The number of halogens is 4. The Labute approximate surface area is 345 Å².